The van der Waals surface area contributed by atoms with Crippen molar-refractivity contribution in [2.45, 2.75) is 13.8 Å². The second-order valence-electron chi connectivity index (χ2n) is 8.13. The summed E-state index contributed by atoms with van der Waals surface area (Å²) in [6.07, 6.45) is 0. The average molecular weight is 488 g/mol. The fourth-order valence-corrected chi connectivity index (χ4v) is 3.75. The third kappa shape index (κ3) is 5.07. The highest BCUT2D eigenvalue weighted by atomic mass is 16.5. The number of anilines is 1. The largest absolute Gasteiger partial charge is 0.493 e. The van der Waals surface area contributed by atoms with Crippen LogP contribution in [-0.2, 0) is 4.79 Å². The molecule has 4 rings (SSSR count). The van der Waals surface area contributed by atoms with Crippen LogP contribution in [0.15, 0.2) is 69.9 Å². The summed E-state index contributed by atoms with van der Waals surface area (Å²) in [7, 11) is 3.04. The van der Waals surface area contributed by atoms with E-state index in [0.29, 0.717) is 39.3 Å². The lowest BCUT2D eigenvalue weighted by Crippen LogP contribution is -2.17. The fraction of sp³-hybridized carbons (Fsp3) is 0.179. The number of benzene rings is 3. The Morgan fingerprint density at radius 2 is 1.64 bits per heavy atom. The first-order chi connectivity index (χ1) is 17.3. The molecule has 0 aliphatic rings. The zero-order valence-corrected chi connectivity index (χ0v) is 20.3. The van der Waals surface area contributed by atoms with Gasteiger partial charge in [-0.3, -0.25) is 14.4 Å². The third-order valence-electron chi connectivity index (χ3n) is 5.53. The van der Waals surface area contributed by atoms with Gasteiger partial charge in [0.25, 0.3) is 0 Å². The van der Waals surface area contributed by atoms with Crippen LogP contribution in [-0.4, -0.2) is 32.5 Å². The van der Waals surface area contributed by atoms with Crippen LogP contribution < -0.4 is 25.0 Å². The first-order valence-electron chi connectivity index (χ1n) is 11.1. The fourth-order valence-electron chi connectivity index (χ4n) is 3.75. The first-order valence-corrected chi connectivity index (χ1v) is 11.1. The van der Waals surface area contributed by atoms with Gasteiger partial charge in [0.1, 0.15) is 5.58 Å². The Balaban J connectivity index is 1.72. The van der Waals surface area contributed by atoms with E-state index in [-0.39, 0.29) is 29.8 Å². The standard InChI is InChI=1S/C28H25NO7/c1-16-5-11-21-24(13-16)36-27(19-8-12-23(33-3)25(14-19)34-4)28(26(21)32)35-15-22(31)18-6-9-20(10-7-18)29-17(2)30/h5-14H,15H2,1-4H3,(H,29,30). The molecule has 3 aromatic carbocycles. The van der Waals surface area contributed by atoms with Crippen molar-refractivity contribution < 1.29 is 28.2 Å². The Labute approximate surface area is 207 Å². The zero-order valence-electron chi connectivity index (χ0n) is 20.3. The second-order valence-corrected chi connectivity index (χ2v) is 8.13. The number of rotatable bonds is 8. The molecule has 0 atom stereocenters. The molecule has 1 N–H and O–H groups in total. The minimum atomic E-state index is -0.394. The van der Waals surface area contributed by atoms with Gasteiger partial charge in [-0.2, -0.15) is 0 Å². The summed E-state index contributed by atoms with van der Waals surface area (Å²) >= 11 is 0. The third-order valence-corrected chi connectivity index (χ3v) is 5.53. The molecule has 0 radical (unpaired) electrons. The number of carbonyl (C=O) groups is 2. The number of methoxy groups -OCH3 is 2. The summed E-state index contributed by atoms with van der Waals surface area (Å²) in [5, 5.41) is 2.99. The normalized spacial score (nSPS) is 10.7. The summed E-state index contributed by atoms with van der Waals surface area (Å²) in [6, 6.07) is 16.7. The molecule has 1 heterocycles. The number of Topliss-reactive ketones (excluding diaryl/α,β-unsaturated/α-hetero) is 1. The van der Waals surface area contributed by atoms with Crippen molar-refractivity contribution >= 4 is 28.3 Å². The molecule has 1 amide bonds. The van der Waals surface area contributed by atoms with E-state index in [1.165, 1.54) is 21.1 Å². The molecule has 8 nitrogen and oxygen atoms in total. The summed E-state index contributed by atoms with van der Waals surface area (Å²) in [5.41, 5.74) is 2.40. The van der Waals surface area contributed by atoms with Crippen molar-refractivity contribution in [1.29, 1.82) is 0 Å². The maximum atomic E-state index is 13.4. The molecular formula is C28H25NO7. The van der Waals surface area contributed by atoms with Gasteiger partial charge >= 0.3 is 0 Å². The molecule has 0 saturated carbocycles. The second kappa shape index (κ2) is 10.4. The predicted molar refractivity (Wildman–Crippen MR) is 136 cm³/mol. The smallest absolute Gasteiger partial charge is 0.235 e. The Bertz CT molecular complexity index is 1500. The lowest BCUT2D eigenvalue weighted by Gasteiger charge is -2.14. The molecule has 0 spiro atoms. The number of ether oxygens (including phenoxy) is 3. The van der Waals surface area contributed by atoms with Gasteiger partial charge in [-0.25, -0.2) is 0 Å². The number of fused-ring (bicyclic) bond motifs is 1. The van der Waals surface area contributed by atoms with Crippen molar-refractivity contribution in [3.05, 3.63) is 82.0 Å². The highest BCUT2D eigenvalue weighted by molar-refractivity contribution is 5.98. The molecule has 0 aliphatic heterocycles. The Morgan fingerprint density at radius 3 is 2.31 bits per heavy atom. The number of carbonyl (C=O) groups excluding carboxylic acids is 2. The molecule has 4 aromatic rings. The van der Waals surface area contributed by atoms with Crippen molar-refractivity contribution in [3.8, 4) is 28.6 Å². The lowest BCUT2D eigenvalue weighted by atomic mass is 10.1. The molecule has 0 fully saturated rings. The maximum Gasteiger partial charge on any atom is 0.235 e. The monoisotopic (exact) mass is 487 g/mol. The number of ketones is 1. The van der Waals surface area contributed by atoms with Gasteiger partial charge in [0.2, 0.25) is 17.1 Å². The van der Waals surface area contributed by atoms with E-state index in [0.717, 1.165) is 5.56 Å². The maximum absolute atomic E-state index is 13.4. The molecule has 0 unspecified atom stereocenters. The Morgan fingerprint density at radius 1 is 0.917 bits per heavy atom. The lowest BCUT2D eigenvalue weighted by molar-refractivity contribution is -0.114. The highest BCUT2D eigenvalue weighted by Gasteiger charge is 2.21. The van der Waals surface area contributed by atoms with Crippen molar-refractivity contribution in [2.75, 3.05) is 26.1 Å². The van der Waals surface area contributed by atoms with Crippen molar-refractivity contribution in [1.82, 2.24) is 0 Å². The van der Waals surface area contributed by atoms with E-state index in [9.17, 15) is 14.4 Å². The van der Waals surface area contributed by atoms with Crippen LogP contribution in [0.3, 0.4) is 0 Å². The molecule has 184 valence electrons. The SMILES string of the molecule is COc1ccc(-c2oc3cc(C)ccc3c(=O)c2OCC(=O)c2ccc(NC(C)=O)cc2)cc1OC. The molecular weight excluding hydrogens is 462 g/mol. The molecule has 0 saturated heterocycles. The minimum absolute atomic E-state index is 0.0817. The number of aryl methyl sites for hydroxylation is 1. The topological polar surface area (TPSA) is 104 Å². The van der Waals surface area contributed by atoms with E-state index in [1.54, 1.807) is 60.7 Å². The van der Waals surface area contributed by atoms with E-state index in [1.807, 2.05) is 6.92 Å². The first kappa shape index (κ1) is 24.5. The molecule has 1 aromatic heterocycles. The quantitative estimate of drug-likeness (QED) is 0.349. The number of amides is 1. The Hall–Kier alpha value is -4.59. The van der Waals surface area contributed by atoms with Gasteiger partial charge in [-0.05, 0) is 67.1 Å². The van der Waals surface area contributed by atoms with Gasteiger partial charge in [0.05, 0.1) is 19.6 Å². The van der Waals surface area contributed by atoms with E-state index in [2.05, 4.69) is 5.32 Å². The number of hydrogen-bond donors (Lipinski definition) is 1. The highest BCUT2D eigenvalue weighted by Crippen LogP contribution is 2.37. The number of nitrogens with one attached hydrogen (secondary N) is 1. The molecule has 0 bridgehead atoms. The van der Waals surface area contributed by atoms with Crippen molar-refractivity contribution in [2.24, 2.45) is 0 Å². The molecule has 36 heavy (non-hydrogen) atoms. The summed E-state index contributed by atoms with van der Waals surface area (Å²) in [5.74, 6) is 0.503. The van der Waals surface area contributed by atoms with Crippen LogP contribution in [0, 0.1) is 6.92 Å². The number of hydrogen-bond acceptors (Lipinski definition) is 7. The van der Waals surface area contributed by atoms with Crippen LogP contribution in [0.1, 0.15) is 22.8 Å². The van der Waals surface area contributed by atoms with E-state index >= 15 is 0 Å². The van der Waals surface area contributed by atoms with Gasteiger partial charge in [-0.1, -0.05) is 6.07 Å². The Kier molecular flexibility index (Phi) is 7.05. The van der Waals surface area contributed by atoms with Crippen molar-refractivity contribution in [3.63, 3.8) is 0 Å². The van der Waals surface area contributed by atoms with Crippen LogP contribution in [0.4, 0.5) is 5.69 Å². The van der Waals surface area contributed by atoms with Crippen LogP contribution in [0.5, 0.6) is 17.2 Å². The van der Waals surface area contributed by atoms with Gasteiger partial charge in [0.15, 0.2) is 29.6 Å². The van der Waals surface area contributed by atoms with Gasteiger partial charge in [0, 0.05) is 23.7 Å². The van der Waals surface area contributed by atoms with E-state index < -0.39 is 5.43 Å². The zero-order chi connectivity index (χ0) is 25.8. The van der Waals surface area contributed by atoms with Gasteiger partial charge < -0.3 is 23.9 Å². The minimum Gasteiger partial charge on any atom is -0.493 e. The van der Waals surface area contributed by atoms with Crippen LogP contribution >= 0.6 is 0 Å². The van der Waals surface area contributed by atoms with Crippen LogP contribution in [0.25, 0.3) is 22.3 Å². The summed E-state index contributed by atoms with van der Waals surface area (Å²) < 4.78 is 22.6. The van der Waals surface area contributed by atoms with Crippen LogP contribution in [0.2, 0.25) is 0 Å². The van der Waals surface area contributed by atoms with Gasteiger partial charge in [-0.15, -0.1) is 0 Å². The summed E-state index contributed by atoms with van der Waals surface area (Å²) in [6.45, 7) is 2.91. The average Bonchev–Trinajstić information content (AvgIpc) is 2.87. The van der Waals surface area contributed by atoms with E-state index in [4.69, 9.17) is 18.6 Å². The molecule has 8 heteroatoms. The summed E-state index contributed by atoms with van der Waals surface area (Å²) in [4.78, 5) is 37.4. The molecule has 0 aliphatic carbocycles. The predicted octanol–water partition coefficient (Wildman–Crippen LogP) is 5.01.